The number of nitrogens with zero attached hydrogens (tertiary/aromatic N) is 1. The van der Waals surface area contributed by atoms with E-state index < -0.39 is 9.84 Å². The minimum atomic E-state index is -3.04. The Labute approximate surface area is 142 Å². The standard InChI is InChI=1S/C17H24FNO4S/c1-23-11-2-10-19(16-9-12-24(21,22)13-16)17(20)8-5-14-3-6-15(18)7-4-14/h3-4,6-7,16H,2,5,8-13H2,1H3. The summed E-state index contributed by atoms with van der Waals surface area (Å²) in [5.41, 5.74) is 0.889. The number of amides is 1. The van der Waals surface area contributed by atoms with Gasteiger partial charge in [0.05, 0.1) is 11.5 Å². The van der Waals surface area contributed by atoms with E-state index in [9.17, 15) is 17.6 Å². The predicted molar refractivity (Wildman–Crippen MR) is 90.0 cm³/mol. The van der Waals surface area contributed by atoms with Crippen LogP contribution in [-0.2, 0) is 25.8 Å². The number of hydrogen-bond donors (Lipinski definition) is 0. The van der Waals surface area contributed by atoms with Gasteiger partial charge in [-0.25, -0.2) is 12.8 Å². The molecule has 7 heteroatoms. The predicted octanol–water partition coefficient (Wildman–Crippen LogP) is 1.81. The molecule has 1 unspecified atom stereocenters. The molecule has 0 saturated carbocycles. The third kappa shape index (κ3) is 5.56. The summed E-state index contributed by atoms with van der Waals surface area (Å²) in [4.78, 5) is 14.3. The molecule has 0 aliphatic carbocycles. The maximum atomic E-state index is 12.9. The molecule has 1 aliphatic heterocycles. The molecule has 1 amide bonds. The lowest BCUT2D eigenvalue weighted by atomic mass is 10.1. The normalized spacial score (nSPS) is 19.3. The molecule has 1 saturated heterocycles. The molecule has 0 bridgehead atoms. The second-order valence-electron chi connectivity index (χ2n) is 6.12. The highest BCUT2D eigenvalue weighted by Gasteiger charge is 2.34. The monoisotopic (exact) mass is 357 g/mol. The summed E-state index contributed by atoms with van der Waals surface area (Å²) in [7, 11) is -1.45. The number of carbonyl (C=O) groups excluding carboxylic acids is 1. The molecule has 1 fully saturated rings. The van der Waals surface area contributed by atoms with Crippen LogP contribution in [0.5, 0.6) is 0 Å². The lowest BCUT2D eigenvalue weighted by molar-refractivity contribution is -0.133. The number of rotatable bonds is 8. The van der Waals surface area contributed by atoms with Gasteiger partial charge in [0.15, 0.2) is 9.84 Å². The fourth-order valence-corrected chi connectivity index (χ4v) is 4.69. The van der Waals surface area contributed by atoms with Crippen molar-refractivity contribution in [2.24, 2.45) is 0 Å². The largest absolute Gasteiger partial charge is 0.385 e. The van der Waals surface area contributed by atoms with Gasteiger partial charge in [-0.05, 0) is 37.0 Å². The van der Waals surface area contributed by atoms with Crippen molar-refractivity contribution in [1.82, 2.24) is 4.90 Å². The van der Waals surface area contributed by atoms with Gasteiger partial charge in [-0.1, -0.05) is 12.1 Å². The van der Waals surface area contributed by atoms with Gasteiger partial charge < -0.3 is 9.64 Å². The SMILES string of the molecule is COCCCN(C(=O)CCc1ccc(F)cc1)C1CCS(=O)(=O)C1. The summed E-state index contributed by atoms with van der Waals surface area (Å²) in [5.74, 6) is -0.175. The van der Waals surface area contributed by atoms with E-state index in [1.165, 1.54) is 12.1 Å². The number of sulfone groups is 1. The second-order valence-corrected chi connectivity index (χ2v) is 8.35. The molecule has 1 atom stereocenters. The molecule has 1 aromatic carbocycles. The van der Waals surface area contributed by atoms with Gasteiger partial charge in [0.1, 0.15) is 5.82 Å². The summed E-state index contributed by atoms with van der Waals surface area (Å²) >= 11 is 0. The Morgan fingerprint density at radius 3 is 2.62 bits per heavy atom. The van der Waals surface area contributed by atoms with E-state index in [0.717, 1.165) is 5.56 Å². The minimum absolute atomic E-state index is 0.0439. The number of hydrogen-bond acceptors (Lipinski definition) is 4. The molecule has 0 spiro atoms. The van der Waals surface area contributed by atoms with Crippen molar-refractivity contribution in [2.45, 2.75) is 31.7 Å². The minimum Gasteiger partial charge on any atom is -0.385 e. The molecule has 2 rings (SSSR count). The first-order valence-corrected chi connectivity index (χ1v) is 9.97. The van der Waals surface area contributed by atoms with Crippen molar-refractivity contribution < 1.29 is 22.3 Å². The van der Waals surface area contributed by atoms with Crippen LogP contribution in [0.2, 0.25) is 0 Å². The number of aryl methyl sites for hydroxylation is 1. The zero-order valence-electron chi connectivity index (χ0n) is 13.9. The van der Waals surface area contributed by atoms with E-state index in [0.29, 0.717) is 32.4 Å². The van der Waals surface area contributed by atoms with Crippen molar-refractivity contribution in [3.8, 4) is 0 Å². The Balaban J connectivity index is 1.96. The fourth-order valence-electron chi connectivity index (χ4n) is 2.96. The van der Waals surface area contributed by atoms with Crippen molar-refractivity contribution in [3.05, 3.63) is 35.6 Å². The van der Waals surface area contributed by atoms with Gasteiger partial charge in [0.2, 0.25) is 5.91 Å². The Morgan fingerprint density at radius 1 is 1.33 bits per heavy atom. The Hall–Kier alpha value is -1.47. The Bertz CT molecular complexity index is 645. The van der Waals surface area contributed by atoms with Crippen molar-refractivity contribution >= 4 is 15.7 Å². The number of ether oxygens (including phenoxy) is 1. The highest BCUT2D eigenvalue weighted by molar-refractivity contribution is 7.91. The first kappa shape index (κ1) is 18.9. The fraction of sp³-hybridized carbons (Fsp3) is 0.588. The number of halogens is 1. The molecule has 134 valence electrons. The summed E-state index contributed by atoms with van der Waals surface area (Å²) in [5, 5.41) is 0. The van der Waals surface area contributed by atoms with E-state index in [1.807, 2.05) is 0 Å². The zero-order valence-corrected chi connectivity index (χ0v) is 14.7. The van der Waals surface area contributed by atoms with Crippen LogP contribution in [0.3, 0.4) is 0 Å². The van der Waals surface area contributed by atoms with Crippen molar-refractivity contribution in [2.75, 3.05) is 31.8 Å². The summed E-state index contributed by atoms with van der Waals surface area (Å²) in [6.45, 7) is 1.03. The van der Waals surface area contributed by atoms with Gasteiger partial charge >= 0.3 is 0 Å². The molecule has 1 aliphatic rings. The Kier molecular flexibility index (Phi) is 6.74. The lowest BCUT2D eigenvalue weighted by Crippen LogP contribution is -2.42. The summed E-state index contributed by atoms with van der Waals surface area (Å²) in [6, 6.07) is 5.84. The maximum Gasteiger partial charge on any atom is 0.223 e. The molecule has 0 N–H and O–H groups in total. The highest BCUT2D eigenvalue weighted by atomic mass is 32.2. The van der Waals surface area contributed by atoms with Gasteiger partial charge in [-0.3, -0.25) is 4.79 Å². The third-order valence-electron chi connectivity index (χ3n) is 4.26. The quantitative estimate of drug-likeness (QED) is 0.666. The summed E-state index contributed by atoms with van der Waals surface area (Å²) < 4.78 is 41.4. The molecule has 1 heterocycles. The zero-order chi connectivity index (χ0) is 17.6. The summed E-state index contributed by atoms with van der Waals surface area (Å²) in [6.07, 6.45) is 1.97. The lowest BCUT2D eigenvalue weighted by Gasteiger charge is -2.28. The van der Waals surface area contributed by atoms with Crippen LogP contribution in [0.4, 0.5) is 4.39 Å². The topological polar surface area (TPSA) is 63.7 Å². The van der Waals surface area contributed by atoms with Gasteiger partial charge in [-0.15, -0.1) is 0 Å². The molecular weight excluding hydrogens is 333 g/mol. The van der Waals surface area contributed by atoms with E-state index in [-0.39, 0.29) is 35.7 Å². The third-order valence-corrected chi connectivity index (χ3v) is 6.01. The molecule has 24 heavy (non-hydrogen) atoms. The van der Waals surface area contributed by atoms with Crippen molar-refractivity contribution in [3.63, 3.8) is 0 Å². The van der Waals surface area contributed by atoms with Crippen LogP contribution in [0.1, 0.15) is 24.8 Å². The van der Waals surface area contributed by atoms with Crippen LogP contribution < -0.4 is 0 Å². The first-order chi connectivity index (χ1) is 11.4. The number of benzene rings is 1. The highest BCUT2D eigenvalue weighted by Crippen LogP contribution is 2.19. The van der Waals surface area contributed by atoms with E-state index in [4.69, 9.17) is 4.74 Å². The Morgan fingerprint density at radius 2 is 2.04 bits per heavy atom. The van der Waals surface area contributed by atoms with Gasteiger partial charge in [0, 0.05) is 32.7 Å². The first-order valence-electron chi connectivity index (χ1n) is 8.14. The van der Waals surface area contributed by atoms with Gasteiger partial charge in [0.25, 0.3) is 0 Å². The van der Waals surface area contributed by atoms with Crippen LogP contribution in [0.15, 0.2) is 24.3 Å². The smallest absolute Gasteiger partial charge is 0.223 e. The van der Waals surface area contributed by atoms with Crippen molar-refractivity contribution in [1.29, 1.82) is 0 Å². The molecule has 1 aromatic rings. The van der Waals surface area contributed by atoms with E-state index in [1.54, 1.807) is 24.1 Å². The van der Waals surface area contributed by atoms with Crippen LogP contribution in [0, 0.1) is 5.82 Å². The molecule has 5 nitrogen and oxygen atoms in total. The molecule has 0 radical (unpaired) electrons. The maximum absolute atomic E-state index is 12.9. The van der Waals surface area contributed by atoms with E-state index in [2.05, 4.69) is 0 Å². The van der Waals surface area contributed by atoms with Crippen LogP contribution in [-0.4, -0.2) is 57.0 Å². The molecule has 0 aromatic heterocycles. The average Bonchev–Trinajstić information content (AvgIpc) is 2.90. The molecular formula is C17H24FNO4S. The van der Waals surface area contributed by atoms with Gasteiger partial charge in [-0.2, -0.15) is 0 Å². The number of carbonyl (C=O) groups is 1. The van der Waals surface area contributed by atoms with Crippen LogP contribution in [0.25, 0.3) is 0 Å². The average molecular weight is 357 g/mol. The number of methoxy groups -OCH3 is 1. The van der Waals surface area contributed by atoms with Crippen LogP contribution >= 0.6 is 0 Å². The second kappa shape index (κ2) is 8.58. The van der Waals surface area contributed by atoms with E-state index >= 15 is 0 Å².